The highest BCUT2D eigenvalue weighted by molar-refractivity contribution is 7.22. The summed E-state index contributed by atoms with van der Waals surface area (Å²) in [5, 5.41) is 3.37. The highest BCUT2D eigenvalue weighted by Crippen LogP contribution is 2.36. The van der Waals surface area contributed by atoms with E-state index in [4.69, 9.17) is 9.47 Å². The number of aromatic nitrogens is 1. The highest BCUT2D eigenvalue weighted by atomic mass is 32.1. The molecule has 1 N–H and O–H groups in total. The number of amides is 2. The number of anilines is 2. The first-order valence-electron chi connectivity index (χ1n) is 9.31. The Kier molecular flexibility index (Phi) is 5.10. The number of nitrogens with zero attached hydrogens (tertiary/aromatic N) is 2. The van der Waals surface area contributed by atoms with E-state index in [1.54, 1.807) is 31.3 Å². The SMILES string of the molecule is CCC(=O)N1CCc2cc(C(=O)Nc3nc4cc(OC)c(OC)cc4s3)ccc21. The lowest BCUT2D eigenvalue weighted by atomic mass is 10.1. The fourth-order valence-corrected chi connectivity index (χ4v) is 4.34. The van der Waals surface area contributed by atoms with E-state index in [2.05, 4.69) is 10.3 Å². The largest absolute Gasteiger partial charge is 0.493 e. The molecule has 7 nitrogen and oxygen atoms in total. The van der Waals surface area contributed by atoms with Crippen LogP contribution in [0.2, 0.25) is 0 Å². The third-order valence-corrected chi connectivity index (χ3v) is 5.89. The molecule has 2 amide bonds. The van der Waals surface area contributed by atoms with Crippen molar-refractivity contribution in [2.45, 2.75) is 19.8 Å². The van der Waals surface area contributed by atoms with Gasteiger partial charge in [-0.2, -0.15) is 0 Å². The van der Waals surface area contributed by atoms with Crippen LogP contribution in [0.3, 0.4) is 0 Å². The maximum atomic E-state index is 12.7. The van der Waals surface area contributed by atoms with Crippen molar-refractivity contribution in [3.05, 3.63) is 41.5 Å². The quantitative estimate of drug-likeness (QED) is 0.689. The van der Waals surface area contributed by atoms with Crippen LogP contribution < -0.4 is 19.7 Å². The number of methoxy groups -OCH3 is 2. The van der Waals surface area contributed by atoms with Crippen LogP contribution in [0.4, 0.5) is 10.8 Å². The Bertz CT molecular complexity index is 1070. The van der Waals surface area contributed by atoms with Gasteiger partial charge in [-0.3, -0.25) is 14.9 Å². The molecule has 2 heterocycles. The van der Waals surface area contributed by atoms with Crippen molar-refractivity contribution in [2.24, 2.45) is 0 Å². The third kappa shape index (κ3) is 3.51. The van der Waals surface area contributed by atoms with E-state index in [0.717, 1.165) is 27.9 Å². The number of rotatable bonds is 5. The fraction of sp³-hybridized carbons (Fsp3) is 0.286. The van der Waals surface area contributed by atoms with E-state index in [0.29, 0.717) is 35.2 Å². The number of hydrogen-bond donors (Lipinski definition) is 1. The lowest BCUT2D eigenvalue weighted by Gasteiger charge is -2.16. The molecule has 0 saturated carbocycles. The van der Waals surface area contributed by atoms with Crippen LogP contribution >= 0.6 is 11.3 Å². The second-order valence-corrected chi connectivity index (χ2v) is 7.67. The van der Waals surface area contributed by atoms with E-state index in [-0.39, 0.29) is 11.8 Å². The lowest BCUT2D eigenvalue weighted by molar-refractivity contribution is -0.118. The number of carbonyl (C=O) groups is 2. The van der Waals surface area contributed by atoms with Gasteiger partial charge in [0.15, 0.2) is 16.6 Å². The minimum absolute atomic E-state index is 0.0984. The Morgan fingerprint density at radius 3 is 2.66 bits per heavy atom. The Morgan fingerprint density at radius 2 is 1.93 bits per heavy atom. The monoisotopic (exact) mass is 411 g/mol. The lowest BCUT2D eigenvalue weighted by Crippen LogP contribution is -2.27. The average Bonchev–Trinajstić information content (AvgIpc) is 3.34. The molecule has 0 aliphatic carbocycles. The molecule has 29 heavy (non-hydrogen) atoms. The van der Waals surface area contributed by atoms with Gasteiger partial charge in [-0.1, -0.05) is 18.3 Å². The Hall–Kier alpha value is -3.13. The van der Waals surface area contributed by atoms with Crippen molar-refractivity contribution in [3.63, 3.8) is 0 Å². The fourth-order valence-electron chi connectivity index (χ4n) is 3.47. The summed E-state index contributed by atoms with van der Waals surface area (Å²) in [7, 11) is 3.15. The average molecular weight is 411 g/mol. The number of fused-ring (bicyclic) bond motifs is 2. The predicted octanol–water partition coefficient (Wildman–Crippen LogP) is 3.86. The molecule has 4 rings (SSSR count). The molecule has 3 aromatic rings. The summed E-state index contributed by atoms with van der Waals surface area (Å²) in [5.41, 5.74) is 3.18. The molecule has 0 fully saturated rings. The van der Waals surface area contributed by atoms with Crippen LogP contribution in [0.1, 0.15) is 29.3 Å². The maximum Gasteiger partial charge on any atom is 0.257 e. The summed E-state index contributed by atoms with van der Waals surface area (Å²) in [4.78, 5) is 31.0. The summed E-state index contributed by atoms with van der Waals surface area (Å²) < 4.78 is 11.5. The number of carbonyl (C=O) groups excluding carboxylic acids is 2. The second kappa shape index (κ2) is 7.71. The minimum Gasteiger partial charge on any atom is -0.493 e. The molecule has 1 aromatic heterocycles. The normalized spacial score (nSPS) is 12.7. The van der Waals surface area contributed by atoms with Crippen LogP contribution in [0.25, 0.3) is 10.2 Å². The van der Waals surface area contributed by atoms with Gasteiger partial charge < -0.3 is 14.4 Å². The van der Waals surface area contributed by atoms with Crippen molar-refractivity contribution in [3.8, 4) is 11.5 Å². The number of nitrogens with one attached hydrogen (secondary N) is 1. The molecule has 8 heteroatoms. The zero-order chi connectivity index (χ0) is 20.5. The Balaban J connectivity index is 1.56. The van der Waals surface area contributed by atoms with Gasteiger partial charge in [-0.05, 0) is 30.2 Å². The summed E-state index contributed by atoms with van der Waals surface area (Å²) in [6.45, 7) is 2.51. The Morgan fingerprint density at radius 1 is 1.17 bits per heavy atom. The molecular weight excluding hydrogens is 390 g/mol. The zero-order valence-corrected chi connectivity index (χ0v) is 17.3. The molecule has 0 unspecified atom stereocenters. The number of thiazole rings is 1. The van der Waals surface area contributed by atoms with Crippen molar-refractivity contribution in [1.29, 1.82) is 0 Å². The summed E-state index contributed by atoms with van der Waals surface area (Å²) in [6, 6.07) is 9.08. The van der Waals surface area contributed by atoms with Gasteiger partial charge >= 0.3 is 0 Å². The molecule has 0 spiro atoms. The van der Waals surface area contributed by atoms with Crippen LogP contribution in [0.15, 0.2) is 30.3 Å². The van der Waals surface area contributed by atoms with Gasteiger partial charge in [0.1, 0.15) is 0 Å². The van der Waals surface area contributed by atoms with Crippen LogP contribution in [0.5, 0.6) is 11.5 Å². The molecule has 0 bridgehead atoms. The van der Waals surface area contributed by atoms with Gasteiger partial charge in [-0.15, -0.1) is 0 Å². The summed E-state index contributed by atoms with van der Waals surface area (Å²) >= 11 is 1.37. The minimum atomic E-state index is -0.231. The predicted molar refractivity (Wildman–Crippen MR) is 113 cm³/mol. The van der Waals surface area contributed by atoms with E-state index >= 15 is 0 Å². The van der Waals surface area contributed by atoms with Crippen molar-refractivity contribution >= 4 is 44.2 Å². The van der Waals surface area contributed by atoms with Gasteiger partial charge in [0.2, 0.25) is 5.91 Å². The second-order valence-electron chi connectivity index (χ2n) is 6.64. The van der Waals surface area contributed by atoms with E-state index in [1.807, 2.05) is 25.1 Å². The van der Waals surface area contributed by atoms with Crippen LogP contribution in [-0.2, 0) is 11.2 Å². The van der Waals surface area contributed by atoms with Crippen molar-refractivity contribution in [1.82, 2.24) is 4.98 Å². The van der Waals surface area contributed by atoms with Crippen LogP contribution in [0, 0.1) is 0 Å². The van der Waals surface area contributed by atoms with Gasteiger partial charge in [-0.25, -0.2) is 4.98 Å². The molecule has 150 valence electrons. The smallest absolute Gasteiger partial charge is 0.257 e. The Labute approximate surface area is 172 Å². The molecule has 2 aromatic carbocycles. The maximum absolute atomic E-state index is 12.7. The van der Waals surface area contributed by atoms with E-state index < -0.39 is 0 Å². The van der Waals surface area contributed by atoms with Gasteiger partial charge in [0.25, 0.3) is 5.91 Å². The van der Waals surface area contributed by atoms with Crippen molar-refractivity contribution in [2.75, 3.05) is 31.0 Å². The van der Waals surface area contributed by atoms with E-state index in [9.17, 15) is 9.59 Å². The molecule has 0 saturated heterocycles. The zero-order valence-electron chi connectivity index (χ0n) is 16.4. The molecular formula is C21H21N3O4S. The van der Waals surface area contributed by atoms with Crippen LogP contribution in [-0.4, -0.2) is 37.6 Å². The first-order valence-corrected chi connectivity index (χ1v) is 10.1. The first kappa shape index (κ1) is 19.2. The molecule has 1 aliphatic rings. The van der Waals surface area contributed by atoms with E-state index in [1.165, 1.54) is 11.3 Å². The number of benzene rings is 2. The molecule has 1 aliphatic heterocycles. The summed E-state index contributed by atoms with van der Waals surface area (Å²) in [6.07, 6.45) is 1.22. The molecule has 0 radical (unpaired) electrons. The van der Waals surface area contributed by atoms with Crippen molar-refractivity contribution < 1.29 is 19.1 Å². The standard InChI is InChI=1S/C21H21N3O4S/c1-4-19(25)24-8-7-12-9-13(5-6-15(12)24)20(26)23-21-22-14-10-16(27-2)17(28-3)11-18(14)29-21/h5-6,9-11H,4,7-8H2,1-3H3,(H,22,23,26). The number of ether oxygens (including phenoxy) is 2. The molecule has 0 atom stereocenters. The summed E-state index contributed by atoms with van der Waals surface area (Å²) in [5.74, 6) is 1.08. The first-order chi connectivity index (χ1) is 14.0. The van der Waals surface area contributed by atoms with Gasteiger partial charge in [0, 0.05) is 36.3 Å². The topological polar surface area (TPSA) is 80.8 Å². The number of hydrogen-bond acceptors (Lipinski definition) is 6. The highest BCUT2D eigenvalue weighted by Gasteiger charge is 2.24. The third-order valence-electron chi connectivity index (χ3n) is 4.95. The van der Waals surface area contributed by atoms with Gasteiger partial charge in [0.05, 0.1) is 24.4 Å².